The van der Waals surface area contributed by atoms with Crippen molar-refractivity contribution in [2.75, 3.05) is 19.5 Å². The number of ether oxygens (including phenoxy) is 2. The average Bonchev–Trinajstić information content (AvgIpc) is 2.61. The fourth-order valence-corrected chi connectivity index (χ4v) is 2.53. The molecule has 2 N–H and O–H groups in total. The van der Waals surface area contributed by atoms with Crippen LogP contribution in [-0.2, 0) is 0 Å². The summed E-state index contributed by atoms with van der Waals surface area (Å²) in [6, 6.07) is 11.6. The van der Waals surface area contributed by atoms with Crippen LogP contribution in [0.25, 0.3) is 0 Å². The zero-order chi connectivity index (χ0) is 18.4. The number of nitro groups is 1. The maximum absolute atomic E-state index is 10.7. The Balaban J connectivity index is 2.01. The van der Waals surface area contributed by atoms with E-state index in [1.807, 2.05) is 25.1 Å². The van der Waals surface area contributed by atoms with Crippen LogP contribution in [0.2, 0.25) is 0 Å². The number of non-ortho nitro benzene ring substituents is 1. The van der Waals surface area contributed by atoms with Crippen LogP contribution in [0, 0.1) is 10.1 Å². The van der Waals surface area contributed by atoms with E-state index >= 15 is 0 Å². The molecule has 0 aliphatic heterocycles. The molecule has 8 heteroatoms. The zero-order valence-corrected chi connectivity index (χ0v) is 14.9. The van der Waals surface area contributed by atoms with Gasteiger partial charge in [-0.3, -0.25) is 10.1 Å². The highest BCUT2D eigenvalue weighted by Gasteiger charge is 2.12. The Morgan fingerprint density at radius 2 is 1.76 bits per heavy atom. The van der Waals surface area contributed by atoms with Gasteiger partial charge in [-0.15, -0.1) is 0 Å². The maximum atomic E-state index is 10.7. The quantitative estimate of drug-likeness (QED) is 0.461. The Morgan fingerprint density at radius 3 is 2.32 bits per heavy atom. The molecule has 0 heterocycles. The first kappa shape index (κ1) is 18.5. The molecule has 0 aliphatic carbocycles. The molecule has 0 aliphatic rings. The number of thiocarbonyl (C=S) groups is 1. The van der Waals surface area contributed by atoms with Gasteiger partial charge in [0.15, 0.2) is 16.6 Å². The molecule has 1 atom stereocenters. The lowest BCUT2D eigenvalue weighted by atomic mass is 10.1. The first-order valence-corrected chi connectivity index (χ1v) is 7.89. The summed E-state index contributed by atoms with van der Waals surface area (Å²) < 4.78 is 10.5. The van der Waals surface area contributed by atoms with Crippen LogP contribution in [0.5, 0.6) is 11.5 Å². The summed E-state index contributed by atoms with van der Waals surface area (Å²) in [4.78, 5) is 10.2. The molecule has 2 rings (SSSR count). The van der Waals surface area contributed by atoms with Crippen molar-refractivity contribution in [2.45, 2.75) is 13.0 Å². The molecule has 132 valence electrons. The SMILES string of the molecule is COc1ccc(C(C)NC(=S)Nc2ccc([N+](=O)[O-])cc2)cc1OC. The second-order valence-electron chi connectivity index (χ2n) is 5.24. The van der Waals surface area contributed by atoms with Crippen molar-refractivity contribution in [3.63, 3.8) is 0 Å². The lowest BCUT2D eigenvalue weighted by Crippen LogP contribution is -2.30. The number of benzene rings is 2. The molecule has 0 fully saturated rings. The summed E-state index contributed by atoms with van der Waals surface area (Å²) in [5.41, 5.74) is 1.68. The summed E-state index contributed by atoms with van der Waals surface area (Å²) >= 11 is 5.29. The van der Waals surface area contributed by atoms with Gasteiger partial charge in [-0.1, -0.05) is 6.07 Å². The molecule has 0 amide bonds. The van der Waals surface area contributed by atoms with Crippen LogP contribution in [0.1, 0.15) is 18.5 Å². The summed E-state index contributed by atoms with van der Waals surface area (Å²) in [6.07, 6.45) is 0. The normalized spacial score (nSPS) is 11.3. The maximum Gasteiger partial charge on any atom is 0.269 e. The van der Waals surface area contributed by atoms with Gasteiger partial charge in [0.25, 0.3) is 5.69 Å². The minimum absolute atomic E-state index is 0.0307. The van der Waals surface area contributed by atoms with Crippen molar-refractivity contribution < 1.29 is 14.4 Å². The molecular formula is C17H19N3O4S. The van der Waals surface area contributed by atoms with Crippen molar-refractivity contribution in [1.82, 2.24) is 5.32 Å². The molecule has 0 radical (unpaired) electrons. The first-order valence-electron chi connectivity index (χ1n) is 7.48. The smallest absolute Gasteiger partial charge is 0.269 e. The largest absolute Gasteiger partial charge is 0.493 e. The lowest BCUT2D eigenvalue weighted by Gasteiger charge is -2.18. The van der Waals surface area contributed by atoms with E-state index in [0.717, 1.165) is 5.56 Å². The van der Waals surface area contributed by atoms with Crippen LogP contribution in [0.4, 0.5) is 11.4 Å². The van der Waals surface area contributed by atoms with E-state index in [1.54, 1.807) is 26.4 Å². The minimum atomic E-state index is -0.445. The molecule has 0 saturated heterocycles. The molecule has 25 heavy (non-hydrogen) atoms. The molecule has 7 nitrogen and oxygen atoms in total. The Kier molecular flexibility index (Phi) is 6.13. The highest BCUT2D eigenvalue weighted by molar-refractivity contribution is 7.80. The van der Waals surface area contributed by atoms with Crippen molar-refractivity contribution >= 4 is 28.7 Å². The number of methoxy groups -OCH3 is 2. The molecule has 0 bridgehead atoms. The number of nitrogens with one attached hydrogen (secondary N) is 2. The highest BCUT2D eigenvalue weighted by Crippen LogP contribution is 2.29. The number of anilines is 1. The predicted molar refractivity (Wildman–Crippen MR) is 100 cm³/mol. The van der Waals surface area contributed by atoms with E-state index in [1.165, 1.54) is 12.1 Å². The summed E-state index contributed by atoms with van der Waals surface area (Å²) in [5, 5.41) is 17.2. The lowest BCUT2D eigenvalue weighted by molar-refractivity contribution is -0.384. The number of nitro benzene ring substituents is 1. The standard InChI is InChI=1S/C17H19N3O4S/c1-11(12-4-9-15(23-2)16(10-12)24-3)18-17(25)19-13-5-7-14(8-6-13)20(21)22/h4-11H,1-3H3,(H2,18,19,25). The van der Waals surface area contributed by atoms with Gasteiger partial charge in [-0.05, 0) is 49.0 Å². The molecule has 0 saturated carbocycles. The van der Waals surface area contributed by atoms with Crippen LogP contribution in [0.3, 0.4) is 0 Å². The van der Waals surface area contributed by atoms with Crippen molar-refractivity contribution in [1.29, 1.82) is 0 Å². The topological polar surface area (TPSA) is 85.7 Å². The van der Waals surface area contributed by atoms with Crippen LogP contribution in [0.15, 0.2) is 42.5 Å². The fraction of sp³-hybridized carbons (Fsp3) is 0.235. The van der Waals surface area contributed by atoms with Crippen LogP contribution < -0.4 is 20.1 Å². The van der Waals surface area contributed by atoms with E-state index in [0.29, 0.717) is 22.3 Å². The Bertz CT molecular complexity index is 765. The Hall–Kier alpha value is -2.87. The minimum Gasteiger partial charge on any atom is -0.493 e. The second-order valence-corrected chi connectivity index (χ2v) is 5.65. The zero-order valence-electron chi connectivity index (χ0n) is 14.1. The van der Waals surface area contributed by atoms with E-state index in [-0.39, 0.29) is 11.7 Å². The number of hydrogen-bond donors (Lipinski definition) is 2. The average molecular weight is 361 g/mol. The Morgan fingerprint density at radius 1 is 1.12 bits per heavy atom. The molecule has 2 aromatic rings. The van der Waals surface area contributed by atoms with Gasteiger partial charge in [0.05, 0.1) is 25.2 Å². The third-order valence-corrected chi connectivity index (χ3v) is 3.81. The molecular weight excluding hydrogens is 342 g/mol. The van der Waals surface area contributed by atoms with Gasteiger partial charge in [0, 0.05) is 17.8 Å². The van der Waals surface area contributed by atoms with E-state index in [2.05, 4.69) is 10.6 Å². The Labute approximate surface area is 151 Å². The van der Waals surface area contributed by atoms with Crippen molar-refractivity contribution in [2.24, 2.45) is 0 Å². The summed E-state index contributed by atoms with van der Waals surface area (Å²) in [6.45, 7) is 1.96. The molecule has 0 aromatic heterocycles. The van der Waals surface area contributed by atoms with Gasteiger partial charge in [0.2, 0.25) is 0 Å². The third kappa shape index (κ3) is 4.80. The number of nitrogens with zero attached hydrogens (tertiary/aromatic N) is 1. The third-order valence-electron chi connectivity index (χ3n) is 3.59. The van der Waals surface area contributed by atoms with Gasteiger partial charge in [-0.25, -0.2) is 0 Å². The van der Waals surface area contributed by atoms with Crippen LogP contribution in [-0.4, -0.2) is 24.3 Å². The molecule has 0 spiro atoms. The van der Waals surface area contributed by atoms with Gasteiger partial charge >= 0.3 is 0 Å². The highest BCUT2D eigenvalue weighted by atomic mass is 32.1. The molecule has 1 unspecified atom stereocenters. The van der Waals surface area contributed by atoms with E-state index in [9.17, 15) is 10.1 Å². The monoisotopic (exact) mass is 361 g/mol. The number of rotatable bonds is 6. The van der Waals surface area contributed by atoms with Gasteiger partial charge < -0.3 is 20.1 Å². The molecule has 2 aromatic carbocycles. The fourth-order valence-electron chi connectivity index (χ4n) is 2.24. The van der Waals surface area contributed by atoms with E-state index < -0.39 is 4.92 Å². The first-order chi connectivity index (χ1) is 11.9. The predicted octanol–water partition coefficient (Wildman–Crippen LogP) is 3.66. The summed E-state index contributed by atoms with van der Waals surface area (Å²) in [7, 11) is 3.17. The van der Waals surface area contributed by atoms with Gasteiger partial charge in [-0.2, -0.15) is 0 Å². The summed E-state index contributed by atoms with van der Waals surface area (Å²) in [5.74, 6) is 1.30. The van der Waals surface area contributed by atoms with Crippen molar-refractivity contribution in [3.8, 4) is 11.5 Å². The second kappa shape index (κ2) is 8.29. The van der Waals surface area contributed by atoms with Crippen molar-refractivity contribution in [3.05, 3.63) is 58.1 Å². The van der Waals surface area contributed by atoms with Gasteiger partial charge in [0.1, 0.15) is 0 Å². The van der Waals surface area contributed by atoms with Crippen LogP contribution >= 0.6 is 12.2 Å². The van der Waals surface area contributed by atoms with E-state index in [4.69, 9.17) is 21.7 Å². The number of hydrogen-bond acceptors (Lipinski definition) is 5.